The van der Waals surface area contributed by atoms with Crippen molar-refractivity contribution in [3.63, 3.8) is 0 Å². The molecule has 1 aliphatic heterocycles. The summed E-state index contributed by atoms with van der Waals surface area (Å²) in [5.74, 6) is 1.96. The minimum atomic E-state index is -0.0489. The fraction of sp³-hybridized carbons (Fsp3) is 0.367. The number of rotatable bonds is 11. The highest BCUT2D eigenvalue weighted by atomic mass is 35.5. The molecule has 43 heavy (non-hydrogen) atoms. The van der Waals surface area contributed by atoms with Gasteiger partial charge in [-0.3, -0.25) is 9.69 Å². The lowest BCUT2D eigenvalue weighted by Gasteiger charge is -2.35. The number of piperazine rings is 1. The molecule has 1 fully saturated rings. The first kappa shape index (κ1) is 30.2. The standard InChI is InChI=1S/C30H36ClN7O5/c1-40-11-10-37-6-8-38(9-7-37)29(39)22-5-4-20(31)14-24(22)34-17-21-15-23-18(12-19-16-35-30(33)36-28(19)32)13-25(41-2)27(42-3)26(23)43-21/h4-5,13-16,34H,6-12,17H2,1-3H3,(H4,32,33,35,36). The van der Waals surface area contributed by atoms with Gasteiger partial charge in [-0.2, -0.15) is 4.98 Å². The molecule has 4 aromatic rings. The zero-order valence-electron chi connectivity index (χ0n) is 24.5. The third-order valence-electron chi connectivity index (χ3n) is 7.52. The van der Waals surface area contributed by atoms with E-state index in [1.54, 1.807) is 45.7 Å². The van der Waals surface area contributed by atoms with E-state index in [1.807, 2.05) is 17.0 Å². The first-order valence-corrected chi connectivity index (χ1v) is 14.3. The smallest absolute Gasteiger partial charge is 0.256 e. The molecular weight excluding hydrogens is 574 g/mol. The summed E-state index contributed by atoms with van der Waals surface area (Å²) in [5.41, 5.74) is 15.1. The van der Waals surface area contributed by atoms with E-state index in [0.717, 1.165) is 30.6 Å². The van der Waals surface area contributed by atoms with Crippen molar-refractivity contribution in [1.29, 1.82) is 0 Å². The van der Waals surface area contributed by atoms with Gasteiger partial charge in [-0.15, -0.1) is 0 Å². The van der Waals surface area contributed by atoms with Gasteiger partial charge in [0.15, 0.2) is 11.3 Å². The molecule has 5 rings (SSSR count). The fourth-order valence-corrected chi connectivity index (χ4v) is 5.39. The largest absolute Gasteiger partial charge is 0.493 e. The van der Waals surface area contributed by atoms with Gasteiger partial charge in [-0.1, -0.05) is 11.6 Å². The quantitative estimate of drug-likeness (QED) is 0.228. The van der Waals surface area contributed by atoms with Gasteiger partial charge in [0.1, 0.15) is 11.6 Å². The van der Waals surface area contributed by atoms with Gasteiger partial charge in [0, 0.05) is 74.1 Å². The van der Waals surface area contributed by atoms with Gasteiger partial charge in [0.25, 0.3) is 5.91 Å². The summed E-state index contributed by atoms with van der Waals surface area (Å²) in [6.45, 7) is 4.69. The van der Waals surface area contributed by atoms with Crippen LogP contribution < -0.4 is 26.3 Å². The lowest BCUT2D eigenvalue weighted by molar-refractivity contribution is 0.0595. The normalized spacial score (nSPS) is 13.8. The number of halogens is 1. The van der Waals surface area contributed by atoms with Crippen LogP contribution in [0.4, 0.5) is 17.5 Å². The summed E-state index contributed by atoms with van der Waals surface area (Å²) in [7, 11) is 4.82. The van der Waals surface area contributed by atoms with Crippen LogP contribution in [-0.2, 0) is 17.7 Å². The van der Waals surface area contributed by atoms with Gasteiger partial charge in [0.2, 0.25) is 11.7 Å². The van der Waals surface area contributed by atoms with Crippen molar-refractivity contribution in [1.82, 2.24) is 19.8 Å². The predicted molar refractivity (Wildman–Crippen MR) is 166 cm³/mol. The van der Waals surface area contributed by atoms with Crippen LogP contribution in [0, 0.1) is 0 Å². The predicted octanol–water partition coefficient (Wildman–Crippen LogP) is 3.66. The maximum absolute atomic E-state index is 13.5. The zero-order chi connectivity index (χ0) is 30.5. The fourth-order valence-electron chi connectivity index (χ4n) is 5.21. The van der Waals surface area contributed by atoms with Gasteiger partial charge >= 0.3 is 0 Å². The molecule has 0 radical (unpaired) electrons. The van der Waals surface area contributed by atoms with Crippen LogP contribution >= 0.6 is 11.6 Å². The number of nitrogen functional groups attached to an aromatic ring is 2. The molecule has 0 atom stereocenters. The number of hydrogen-bond acceptors (Lipinski definition) is 11. The molecule has 0 saturated carbocycles. The van der Waals surface area contributed by atoms with Crippen LogP contribution in [0.5, 0.6) is 11.5 Å². The Bertz CT molecular complexity index is 1600. The summed E-state index contributed by atoms with van der Waals surface area (Å²) in [6.07, 6.45) is 2.03. The van der Waals surface area contributed by atoms with E-state index >= 15 is 0 Å². The second-order valence-electron chi connectivity index (χ2n) is 10.2. The SMILES string of the molecule is COCCN1CCN(C(=O)c2ccc(Cl)cc2NCc2cc3c(Cc4cnc(N)nc4N)cc(OC)c(OC)c3o2)CC1. The van der Waals surface area contributed by atoms with E-state index in [1.165, 1.54) is 0 Å². The molecule has 5 N–H and O–H groups in total. The Morgan fingerprint density at radius 3 is 2.56 bits per heavy atom. The summed E-state index contributed by atoms with van der Waals surface area (Å²) in [6, 6.07) is 9.05. The molecule has 2 aromatic heterocycles. The topological polar surface area (TPSA) is 154 Å². The summed E-state index contributed by atoms with van der Waals surface area (Å²) in [5, 5.41) is 4.70. The number of nitrogens with zero attached hydrogens (tertiary/aromatic N) is 4. The highest BCUT2D eigenvalue weighted by Gasteiger charge is 2.25. The van der Waals surface area contributed by atoms with Crippen molar-refractivity contribution < 1.29 is 23.4 Å². The highest BCUT2D eigenvalue weighted by molar-refractivity contribution is 6.31. The van der Waals surface area contributed by atoms with Crippen molar-refractivity contribution in [2.75, 3.05) is 77.4 Å². The third kappa shape index (κ3) is 6.71. The number of furan rings is 1. The number of amides is 1. The number of nitrogens with two attached hydrogens (primary N) is 2. The summed E-state index contributed by atoms with van der Waals surface area (Å²) in [4.78, 5) is 25.9. The number of carbonyl (C=O) groups is 1. The summed E-state index contributed by atoms with van der Waals surface area (Å²) < 4.78 is 22.7. The molecule has 228 valence electrons. The second-order valence-corrected chi connectivity index (χ2v) is 10.6. The maximum atomic E-state index is 13.5. The Labute approximate surface area is 254 Å². The van der Waals surface area contributed by atoms with Crippen LogP contribution in [0.1, 0.15) is 27.2 Å². The van der Waals surface area contributed by atoms with Crippen molar-refractivity contribution in [2.24, 2.45) is 0 Å². The van der Waals surface area contributed by atoms with Crippen molar-refractivity contribution in [3.8, 4) is 11.5 Å². The Morgan fingerprint density at radius 1 is 1.07 bits per heavy atom. The summed E-state index contributed by atoms with van der Waals surface area (Å²) >= 11 is 6.35. The van der Waals surface area contributed by atoms with Crippen molar-refractivity contribution >= 4 is 45.9 Å². The van der Waals surface area contributed by atoms with Crippen LogP contribution in [0.2, 0.25) is 5.02 Å². The number of hydrogen-bond donors (Lipinski definition) is 3. The molecule has 13 heteroatoms. The van der Waals surface area contributed by atoms with Gasteiger partial charge in [-0.25, -0.2) is 4.98 Å². The molecule has 12 nitrogen and oxygen atoms in total. The number of aromatic nitrogens is 2. The van der Waals surface area contributed by atoms with E-state index in [4.69, 9.17) is 41.7 Å². The molecule has 0 bridgehead atoms. The maximum Gasteiger partial charge on any atom is 0.256 e. The average molecular weight is 610 g/mol. The minimum Gasteiger partial charge on any atom is -0.493 e. The van der Waals surface area contributed by atoms with Gasteiger partial charge in [-0.05, 0) is 35.9 Å². The molecular formula is C30H36ClN7O5. The molecule has 2 aromatic carbocycles. The van der Waals surface area contributed by atoms with E-state index in [0.29, 0.717) is 76.6 Å². The Balaban J connectivity index is 1.39. The molecule has 1 amide bonds. The molecule has 0 unspecified atom stereocenters. The van der Waals surface area contributed by atoms with Gasteiger partial charge < -0.3 is 40.3 Å². The number of anilines is 3. The van der Waals surface area contributed by atoms with Crippen LogP contribution in [0.15, 0.2) is 40.9 Å². The minimum absolute atomic E-state index is 0.0489. The first-order chi connectivity index (χ1) is 20.8. The van der Waals surface area contributed by atoms with Crippen LogP contribution in [0.25, 0.3) is 11.0 Å². The van der Waals surface area contributed by atoms with E-state index in [-0.39, 0.29) is 18.4 Å². The lowest BCUT2D eigenvalue weighted by Crippen LogP contribution is -2.49. The third-order valence-corrected chi connectivity index (χ3v) is 7.76. The van der Waals surface area contributed by atoms with Crippen molar-refractivity contribution in [2.45, 2.75) is 13.0 Å². The molecule has 1 aliphatic rings. The monoisotopic (exact) mass is 609 g/mol. The number of benzene rings is 2. The lowest BCUT2D eigenvalue weighted by atomic mass is 10.0. The molecule has 0 aliphatic carbocycles. The number of methoxy groups -OCH3 is 3. The van der Waals surface area contributed by atoms with E-state index in [2.05, 4.69) is 20.2 Å². The first-order valence-electron chi connectivity index (χ1n) is 13.9. The number of fused-ring (bicyclic) bond motifs is 1. The zero-order valence-corrected chi connectivity index (χ0v) is 25.2. The Kier molecular flexibility index (Phi) is 9.39. The number of carbonyl (C=O) groups excluding carboxylic acids is 1. The highest BCUT2D eigenvalue weighted by Crippen LogP contribution is 2.41. The number of nitrogens with one attached hydrogen (secondary N) is 1. The molecule has 3 heterocycles. The molecule has 0 spiro atoms. The van der Waals surface area contributed by atoms with E-state index < -0.39 is 0 Å². The Hall–Kier alpha value is -4.26. The number of ether oxygens (including phenoxy) is 3. The second kappa shape index (κ2) is 13.4. The average Bonchev–Trinajstić information content (AvgIpc) is 3.44. The van der Waals surface area contributed by atoms with Crippen molar-refractivity contribution in [3.05, 3.63) is 64.0 Å². The van der Waals surface area contributed by atoms with Gasteiger partial charge in [0.05, 0.1) is 32.9 Å². The van der Waals surface area contributed by atoms with Crippen LogP contribution in [-0.4, -0.2) is 86.3 Å². The Morgan fingerprint density at radius 2 is 1.86 bits per heavy atom. The molecule has 1 saturated heterocycles. The van der Waals surface area contributed by atoms with Crippen LogP contribution in [0.3, 0.4) is 0 Å². The van der Waals surface area contributed by atoms with E-state index in [9.17, 15) is 4.79 Å².